The minimum atomic E-state index is -0.409. The number of aryl methyl sites for hydroxylation is 1. The van der Waals surface area contributed by atoms with Crippen molar-refractivity contribution in [1.82, 2.24) is 15.1 Å². The Kier molecular flexibility index (Phi) is 2.33. The van der Waals surface area contributed by atoms with E-state index in [2.05, 4.69) is 15.1 Å². The summed E-state index contributed by atoms with van der Waals surface area (Å²) in [6.45, 7) is 1.96. The molecule has 0 N–H and O–H groups in total. The maximum Gasteiger partial charge on any atom is 0.146 e. The van der Waals surface area contributed by atoms with Crippen molar-refractivity contribution in [3.05, 3.63) is 41.3 Å². The van der Waals surface area contributed by atoms with Gasteiger partial charge in [0.05, 0.1) is 23.8 Å². The monoisotopic (exact) mass is 271 g/mol. The highest BCUT2D eigenvalue weighted by Crippen LogP contribution is 2.60. The molecule has 2 aliphatic carbocycles. The highest BCUT2D eigenvalue weighted by Gasteiger charge is 2.58. The Hall–Kier alpha value is -1.75. The van der Waals surface area contributed by atoms with Crippen molar-refractivity contribution in [3.63, 3.8) is 0 Å². The maximum absolute atomic E-state index is 5.95. The van der Waals surface area contributed by atoms with Gasteiger partial charge in [0, 0.05) is 30.7 Å². The van der Waals surface area contributed by atoms with Gasteiger partial charge in [-0.25, -0.2) is 0 Å². The second-order valence-corrected chi connectivity index (χ2v) is 6.06. The van der Waals surface area contributed by atoms with Crippen LogP contribution in [-0.2, 0) is 22.2 Å². The van der Waals surface area contributed by atoms with Crippen LogP contribution in [0, 0.1) is 6.92 Å². The zero-order valence-electron chi connectivity index (χ0n) is 11.7. The normalized spacial score (nSPS) is 26.5. The van der Waals surface area contributed by atoms with Gasteiger partial charge in [0.25, 0.3) is 0 Å². The molecule has 1 spiro atoms. The van der Waals surface area contributed by atoms with Crippen LogP contribution in [-0.4, -0.2) is 22.2 Å². The van der Waals surface area contributed by atoms with E-state index in [-0.39, 0.29) is 5.41 Å². The van der Waals surface area contributed by atoms with Crippen molar-refractivity contribution >= 4 is 0 Å². The van der Waals surface area contributed by atoms with E-state index in [1.807, 2.05) is 19.3 Å². The number of aromatic nitrogens is 3. The molecule has 2 aromatic heterocycles. The molecule has 2 aromatic rings. The van der Waals surface area contributed by atoms with Crippen LogP contribution in [0.3, 0.4) is 0 Å². The van der Waals surface area contributed by atoms with Gasteiger partial charge in [-0.05, 0) is 26.2 Å². The summed E-state index contributed by atoms with van der Waals surface area (Å²) in [4.78, 5) is 8.93. The summed E-state index contributed by atoms with van der Waals surface area (Å²) in [6, 6.07) is 0. The van der Waals surface area contributed by atoms with Gasteiger partial charge < -0.3 is 9.26 Å². The van der Waals surface area contributed by atoms with Gasteiger partial charge in [-0.2, -0.15) is 0 Å². The molecule has 1 fully saturated rings. The van der Waals surface area contributed by atoms with E-state index < -0.39 is 5.60 Å². The number of rotatable bonds is 2. The predicted molar refractivity (Wildman–Crippen MR) is 71.2 cm³/mol. The summed E-state index contributed by atoms with van der Waals surface area (Å²) in [6.07, 6.45) is 9.35. The zero-order valence-corrected chi connectivity index (χ0v) is 11.7. The standard InChI is InChI=1S/C15H17N3O2/c1-10-6-16-8-12(18-10)15(19-2)5-11-7-17-20-13(11)14(9-15)3-4-14/h6-8H,3-5,9H2,1-2H3. The Labute approximate surface area is 117 Å². The third kappa shape index (κ3) is 1.56. The van der Waals surface area contributed by atoms with Gasteiger partial charge in [0.1, 0.15) is 11.4 Å². The Bertz CT molecular complexity index is 663. The lowest BCUT2D eigenvalue weighted by Gasteiger charge is -2.38. The van der Waals surface area contributed by atoms with Crippen LogP contribution in [0.5, 0.6) is 0 Å². The summed E-state index contributed by atoms with van der Waals surface area (Å²) >= 11 is 0. The molecule has 2 heterocycles. The summed E-state index contributed by atoms with van der Waals surface area (Å²) in [7, 11) is 1.76. The van der Waals surface area contributed by atoms with Crippen LogP contribution in [0.1, 0.15) is 42.0 Å². The van der Waals surface area contributed by atoms with Gasteiger partial charge in [-0.1, -0.05) is 5.16 Å². The molecule has 4 rings (SSSR count). The molecule has 0 saturated heterocycles. The Morgan fingerprint density at radius 2 is 2.10 bits per heavy atom. The smallest absolute Gasteiger partial charge is 0.146 e. The maximum atomic E-state index is 5.95. The van der Waals surface area contributed by atoms with Gasteiger partial charge >= 0.3 is 0 Å². The first-order chi connectivity index (χ1) is 9.67. The minimum absolute atomic E-state index is 0.103. The molecule has 104 valence electrons. The first kappa shape index (κ1) is 12.0. The van der Waals surface area contributed by atoms with Crippen LogP contribution in [0.15, 0.2) is 23.1 Å². The molecular weight excluding hydrogens is 254 g/mol. The molecular formula is C15H17N3O2. The molecule has 5 nitrogen and oxygen atoms in total. The van der Waals surface area contributed by atoms with E-state index in [0.717, 1.165) is 48.4 Å². The van der Waals surface area contributed by atoms with Crippen molar-refractivity contribution in [1.29, 1.82) is 0 Å². The fourth-order valence-electron chi connectivity index (χ4n) is 3.49. The van der Waals surface area contributed by atoms with Crippen LogP contribution >= 0.6 is 0 Å². The van der Waals surface area contributed by atoms with Crippen molar-refractivity contribution in [2.24, 2.45) is 0 Å². The van der Waals surface area contributed by atoms with E-state index in [4.69, 9.17) is 9.26 Å². The molecule has 1 saturated carbocycles. The van der Waals surface area contributed by atoms with Crippen LogP contribution in [0.25, 0.3) is 0 Å². The number of fused-ring (bicyclic) bond motifs is 2. The molecule has 1 unspecified atom stereocenters. The van der Waals surface area contributed by atoms with Crippen molar-refractivity contribution in [2.45, 2.75) is 43.6 Å². The number of hydrogen-bond donors (Lipinski definition) is 0. The quantitative estimate of drug-likeness (QED) is 0.838. The summed E-state index contributed by atoms with van der Waals surface area (Å²) in [5.41, 5.74) is 2.68. The lowest BCUT2D eigenvalue weighted by molar-refractivity contribution is -0.0431. The number of nitrogens with zero attached hydrogens (tertiary/aromatic N) is 3. The van der Waals surface area contributed by atoms with Crippen LogP contribution in [0.2, 0.25) is 0 Å². The van der Waals surface area contributed by atoms with E-state index in [1.165, 1.54) is 0 Å². The van der Waals surface area contributed by atoms with Gasteiger partial charge in [-0.3, -0.25) is 9.97 Å². The SMILES string of the molecule is COC1(c2cncc(C)n2)Cc2cnoc2C2(CC2)C1. The molecule has 0 amide bonds. The third-order valence-electron chi connectivity index (χ3n) is 4.69. The van der Waals surface area contributed by atoms with E-state index in [9.17, 15) is 0 Å². The molecule has 20 heavy (non-hydrogen) atoms. The zero-order chi connectivity index (χ0) is 13.8. The minimum Gasteiger partial charge on any atom is -0.371 e. The van der Waals surface area contributed by atoms with Gasteiger partial charge in [-0.15, -0.1) is 0 Å². The van der Waals surface area contributed by atoms with Crippen molar-refractivity contribution < 1.29 is 9.26 Å². The predicted octanol–water partition coefficient (Wildman–Crippen LogP) is 2.29. The average Bonchev–Trinajstić information content (AvgIpc) is 3.04. The molecule has 0 bridgehead atoms. The number of methoxy groups -OCH3 is 1. The first-order valence-corrected chi connectivity index (χ1v) is 6.96. The molecule has 0 aromatic carbocycles. The number of ether oxygens (including phenoxy) is 1. The van der Waals surface area contributed by atoms with E-state index in [1.54, 1.807) is 13.3 Å². The molecule has 1 atom stereocenters. The molecule has 0 aliphatic heterocycles. The highest BCUT2D eigenvalue weighted by molar-refractivity contribution is 5.37. The van der Waals surface area contributed by atoms with Crippen LogP contribution < -0.4 is 0 Å². The Morgan fingerprint density at radius 1 is 1.25 bits per heavy atom. The van der Waals surface area contributed by atoms with E-state index in [0.29, 0.717) is 0 Å². The Morgan fingerprint density at radius 3 is 2.80 bits per heavy atom. The highest BCUT2D eigenvalue weighted by atomic mass is 16.5. The largest absolute Gasteiger partial charge is 0.371 e. The van der Waals surface area contributed by atoms with Crippen molar-refractivity contribution in [3.8, 4) is 0 Å². The second-order valence-electron chi connectivity index (χ2n) is 6.06. The van der Waals surface area contributed by atoms with Gasteiger partial charge in [0.2, 0.25) is 0 Å². The topological polar surface area (TPSA) is 61.0 Å². The lowest BCUT2D eigenvalue weighted by atomic mass is 9.74. The van der Waals surface area contributed by atoms with E-state index >= 15 is 0 Å². The fraction of sp³-hybridized carbons (Fsp3) is 0.533. The first-order valence-electron chi connectivity index (χ1n) is 6.96. The third-order valence-corrected chi connectivity index (χ3v) is 4.69. The summed E-state index contributed by atoms with van der Waals surface area (Å²) < 4.78 is 11.4. The fourth-order valence-corrected chi connectivity index (χ4v) is 3.49. The Balaban J connectivity index is 1.84. The molecule has 0 radical (unpaired) electrons. The van der Waals surface area contributed by atoms with Crippen molar-refractivity contribution in [2.75, 3.05) is 7.11 Å². The lowest BCUT2D eigenvalue weighted by Crippen LogP contribution is -2.40. The molecule has 2 aliphatic rings. The van der Waals surface area contributed by atoms with Crippen LogP contribution in [0.4, 0.5) is 0 Å². The van der Waals surface area contributed by atoms with Gasteiger partial charge in [0.15, 0.2) is 0 Å². The summed E-state index contributed by atoms with van der Waals surface area (Å²) in [5.74, 6) is 1.06. The number of hydrogen-bond acceptors (Lipinski definition) is 5. The molecule has 5 heteroatoms. The average molecular weight is 271 g/mol. The second kappa shape index (κ2) is 3.88. The summed E-state index contributed by atoms with van der Waals surface area (Å²) in [5, 5.41) is 3.98.